The fourth-order valence-electron chi connectivity index (χ4n) is 2.09. The summed E-state index contributed by atoms with van der Waals surface area (Å²) in [7, 11) is 1.17. The van der Waals surface area contributed by atoms with Gasteiger partial charge in [-0.2, -0.15) is 0 Å². The van der Waals surface area contributed by atoms with Gasteiger partial charge in [0.1, 0.15) is 6.54 Å². The van der Waals surface area contributed by atoms with Gasteiger partial charge in [-0.1, -0.05) is 18.2 Å². The number of amides is 1. The van der Waals surface area contributed by atoms with Crippen LogP contribution in [0.5, 0.6) is 0 Å². The number of esters is 1. The maximum absolute atomic E-state index is 11.9. The second kappa shape index (κ2) is 8.47. The predicted molar refractivity (Wildman–Crippen MR) is 90.1 cm³/mol. The van der Waals surface area contributed by atoms with Gasteiger partial charge in [0.05, 0.1) is 24.1 Å². The normalized spacial score (nSPS) is 10.0. The lowest BCUT2D eigenvalue weighted by Crippen LogP contribution is -2.36. The summed E-state index contributed by atoms with van der Waals surface area (Å²) >= 11 is 0. The van der Waals surface area contributed by atoms with E-state index in [1.165, 1.54) is 25.3 Å². The van der Waals surface area contributed by atoms with Crippen molar-refractivity contribution in [3.63, 3.8) is 0 Å². The highest BCUT2D eigenvalue weighted by atomic mass is 16.6. The van der Waals surface area contributed by atoms with E-state index in [2.05, 4.69) is 15.0 Å². The van der Waals surface area contributed by atoms with E-state index in [4.69, 9.17) is 0 Å². The van der Waals surface area contributed by atoms with Crippen molar-refractivity contribution in [2.24, 2.45) is 0 Å². The largest absolute Gasteiger partial charge is 0.468 e. The van der Waals surface area contributed by atoms with Gasteiger partial charge in [0.15, 0.2) is 0 Å². The minimum atomic E-state index is -0.919. The van der Waals surface area contributed by atoms with Gasteiger partial charge < -0.3 is 10.1 Å². The van der Waals surface area contributed by atoms with Gasteiger partial charge in [0.2, 0.25) is 5.78 Å². The second-order valence-electron chi connectivity index (χ2n) is 5.18. The number of ketones is 1. The summed E-state index contributed by atoms with van der Waals surface area (Å²) in [6.45, 7) is -0.401. The van der Waals surface area contributed by atoms with Crippen LogP contribution in [0.4, 0.5) is 5.69 Å². The number of carbonyl (C=O) groups excluding carboxylic acids is 3. The number of nitrogens with zero attached hydrogens (tertiary/aromatic N) is 2. The Morgan fingerprint density at radius 3 is 2.62 bits per heavy atom. The summed E-state index contributed by atoms with van der Waals surface area (Å²) in [4.78, 5) is 49.2. The molecule has 2 aromatic rings. The Morgan fingerprint density at radius 2 is 1.92 bits per heavy atom. The van der Waals surface area contributed by atoms with Crippen LogP contribution < -0.4 is 5.32 Å². The first kappa shape index (κ1) is 18.7. The van der Waals surface area contributed by atoms with Gasteiger partial charge in [-0.3, -0.25) is 29.5 Å². The lowest BCUT2D eigenvalue weighted by molar-refractivity contribution is -0.384. The summed E-state index contributed by atoms with van der Waals surface area (Å²) in [5.74, 6) is -2.35. The van der Waals surface area contributed by atoms with Crippen molar-refractivity contribution >= 4 is 23.3 Å². The first-order valence-corrected chi connectivity index (χ1v) is 7.49. The average molecular weight is 357 g/mol. The van der Waals surface area contributed by atoms with Gasteiger partial charge in [-0.05, 0) is 12.1 Å². The molecular formula is C17H15N3O6. The second-order valence-corrected chi connectivity index (χ2v) is 5.18. The molecule has 0 aliphatic carbocycles. The van der Waals surface area contributed by atoms with Crippen molar-refractivity contribution < 1.29 is 24.0 Å². The maximum Gasteiger partial charge on any atom is 0.325 e. The Kier molecular flexibility index (Phi) is 6.10. The van der Waals surface area contributed by atoms with Gasteiger partial charge in [0, 0.05) is 23.4 Å². The summed E-state index contributed by atoms with van der Waals surface area (Å²) in [6, 6.07) is 10.8. The van der Waals surface area contributed by atoms with E-state index in [0.717, 1.165) is 0 Å². The van der Waals surface area contributed by atoms with Crippen LogP contribution >= 0.6 is 0 Å². The first-order chi connectivity index (χ1) is 12.4. The molecule has 0 spiro atoms. The van der Waals surface area contributed by atoms with Crippen LogP contribution in [0, 0.1) is 10.1 Å². The van der Waals surface area contributed by atoms with E-state index in [1.807, 2.05) is 0 Å². The monoisotopic (exact) mass is 357 g/mol. The zero-order valence-corrected chi connectivity index (χ0v) is 13.8. The standard InChI is InChI=1S/C17H15N3O6/c1-26-16(22)10-18-17(23)15(21)9-12-5-3-7-14(19-12)11-4-2-6-13(8-11)20(24)25/h2-8H,9-10H2,1H3,(H,18,23). The molecule has 0 saturated heterocycles. The number of non-ortho nitro benzene ring substituents is 1. The third-order valence-electron chi connectivity index (χ3n) is 3.38. The lowest BCUT2D eigenvalue weighted by atomic mass is 10.1. The molecule has 2 rings (SSSR count). The summed E-state index contributed by atoms with van der Waals surface area (Å²) in [5, 5.41) is 13.0. The topological polar surface area (TPSA) is 128 Å². The number of ether oxygens (including phenoxy) is 1. The van der Waals surface area contributed by atoms with Crippen LogP contribution in [0.25, 0.3) is 11.3 Å². The molecule has 0 atom stereocenters. The molecule has 9 nitrogen and oxygen atoms in total. The van der Waals surface area contributed by atoms with E-state index < -0.39 is 29.1 Å². The van der Waals surface area contributed by atoms with Crippen molar-refractivity contribution in [2.75, 3.05) is 13.7 Å². The molecule has 1 amide bonds. The molecule has 0 fully saturated rings. The minimum absolute atomic E-state index is 0.0760. The van der Waals surface area contributed by atoms with Crippen LogP contribution in [-0.2, 0) is 25.5 Å². The summed E-state index contributed by atoms with van der Waals surface area (Å²) in [6.07, 6.45) is -0.268. The fourth-order valence-corrected chi connectivity index (χ4v) is 2.09. The molecule has 0 saturated carbocycles. The first-order valence-electron chi connectivity index (χ1n) is 7.49. The molecule has 1 heterocycles. The number of pyridine rings is 1. The number of nitro benzene ring substituents is 1. The smallest absolute Gasteiger partial charge is 0.325 e. The van der Waals surface area contributed by atoms with Gasteiger partial charge in [-0.25, -0.2) is 0 Å². The zero-order valence-electron chi connectivity index (χ0n) is 13.8. The highest BCUT2D eigenvalue weighted by molar-refractivity contribution is 6.36. The van der Waals surface area contributed by atoms with Crippen LogP contribution in [0.15, 0.2) is 42.5 Å². The molecule has 0 aliphatic heterocycles. The van der Waals surface area contributed by atoms with E-state index in [-0.39, 0.29) is 12.1 Å². The molecule has 1 aromatic heterocycles. The van der Waals surface area contributed by atoms with E-state index >= 15 is 0 Å². The lowest BCUT2D eigenvalue weighted by Gasteiger charge is -2.05. The molecule has 0 radical (unpaired) electrons. The van der Waals surface area contributed by atoms with Crippen LogP contribution in [0.3, 0.4) is 0 Å². The highest BCUT2D eigenvalue weighted by Crippen LogP contribution is 2.22. The van der Waals surface area contributed by atoms with Gasteiger partial charge in [-0.15, -0.1) is 0 Å². The molecule has 1 N–H and O–H groups in total. The number of aromatic nitrogens is 1. The van der Waals surface area contributed by atoms with E-state index in [0.29, 0.717) is 17.0 Å². The number of methoxy groups -OCH3 is 1. The Hall–Kier alpha value is -3.62. The summed E-state index contributed by atoms with van der Waals surface area (Å²) in [5.41, 5.74) is 1.21. The van der Waals surface area contributed by atoms with Crippen molar-refractivity contribution in [3.05, 3.63) is 58.3 Å². The maximum atomic E-state index is 11.9. The molecular weight excluding hydrogens is 342 g/mol. The Morgan fingerprint density at radius 1 is 1.19 bits per heavy atom. The Balaban J connectivity index is 2.10. The van der Waals surface area contributed by atoms with Crippen molar-refractivity contribution in [1.29, 1.82) is 0 Å². The quantitative estimate of drug-likeness (QED) is 0.339. The van der Waals surface area contributed by atoms with Gasteiger partial charge >= 0.3 is 5.97 Å². The Labute approximate surface area is 148 Å². The number of nitro groups is 1. The van der Waals surface area contributed by atoms with Crippen LogP contribution in [-0.4, -0.2) is 41.2 Å². The molecule has 0 aliphatic rings. The van der Waals surface area contributed by atoms with Crippen molar-refractivity contribution in [3.8, 4) is 11.3 Å². The predicted octanol–water partition coefficient (Wildman–Crippen LogP) is 1.06. The SMILES string of the molecule is COC(=O)CNC(=O)C(=O)Cc1cccc(-c2cccc([N+](=O)[O-])c2)n1. The fraction of sp³-hybridized carbons (Fsp3) is 0.176. The van der Waals surface area contributed by atoms with Crippen molar-refractivity contribution in [2.45, 2.75) is 6.42 Å². The van der Waals surface area contributed by atoms with Crippen molar-refractivity contribution in [1.82, 2.24) is 10.3 Å². The number of hydrogen-bond donors (Lipinski definition) is 1. The number of nitrogens with one attached hydrogen (secondary N) is 1. The zero-order chi connectivity index (χ0) is 19.1. The van der Waals surface area contributed by atoms with Gasteiger partial charge in [0.25, 0.3) is 11.6 Å². The molecule has 9 heteroatoms. The molecule has 0 unspecified atom stereocenters. The number of rotatable bonds is 7. The number of benzene rings is 1. The number of hydrogen-bond acceptors (Lipinski definition) is 7. The third-order valence-corrected chi connectivity index (χ3v) is 3.38. The van der Waals surface area contributed by atoms with Crippen LogP contribution in [0.2, 0.25) is 0 Å². The number of carbonyl (C=O) groups is 3. The summed E-state index contributed by atoms with van der Waals surface area (Å²) < 4.78 is 4.36. The average Bonchev–Trinajstić information content (AvgIpc) is 2.65. The van der Waals surface area contributed by atoms with Crippen LogP contribution in [0.1, 0.15) is 5.69 Å². The molecule has 1 aromatic carbocycles. The molecule has 134 valence electrons. The molecule has 26 heavy (non-hydrogen) atoms. The number of Topliss-reactive ketones (excluding diaryl/α,β-unsaturated/α-hetero) is 1. The molecule has 0 bridgehead atoms. The Bertz CT molecular complexity index is 865. The highest BCUT2D eigenvalue weighted by Gasteiger charge is 2.16. The third kappa shape index (κ3) is 4.94. The van der Waals surface area contributed by atoms with E-state index in [9.17, 15) is 24.5 Å². The minimum Gasteiger partial charge on any atom is -0.468 e. The van der Waals surface area contributed by atoms with E-state index in [1.54, 1.807) is 24.3 Å².